The lowest BCUT2D eigenvalue weighted by molar-refractivity contribution is -0.143. The topological polar surface area (TPSA) is 127 Å². The van der Waals surface area contributed by atoms with Crippen molar-refractivity contribution in [3.05, 3.63) is 85.9 Å². The summed E-state index contributed by atoms with van der Waals surface area (Å²) in [4.78, 5) is 38.7. The van der Waals surface area contributed by atoms with E-state index in [-0.39, 0.29) is 28.9 Å². The van der Waals surface area contributed by atoms with E-state index in [1.807, 2.05) is 38.1 Å². The SMILES string of the molecule is CC(C)=CC[C@@H](OC(=O)CSc1nnc(Cc2ccc(Br)cc2)s1)C1=CC(=O)c2c(O)ccc(O)c2C1=O. The van der Waals surface area contributed by atoms with Crippen molar-refractivity contribution in [3.8, 4) is 11.5 Å². The summed E-state index contributed by atoms with van der Waals surface area (Å²) < 4.78 is 7.24. The maximum Gasteiger partial charge on any atom is 0.316 e. The molecule has 8 nitrogen and oxygen atoms in total. The van der Waals surface area contributed by atoms with Gasteiger partial charge in [0.1, 0.15) is 22.6 Å². The van der Waals surface area contributed by atoms with Gasteiger partial charge in [-0.05, 0) is 49.8 Å². The first-order valence-electron chi connectivity index (χ1n) is 11.5. The molecule has 0 unspecified atom stereocenters. The van der Waals surface area contributed by atoms with Gasteiger partial charge in [0.15, 0.2) is 15.9 Å². The lowest BCUT2D eigenvalue weighted by atomic mass is 9.85. The van der Waals surface area contributed by atoms with Crippen LogP contribution in [0.25, 0.3) is 0 Å². The number of aromatic hydroxyl groups is 2. The number of hydrogen-bond acceptors (Lipinski definition) is 10. The van der Waals surface area contributed by atoms with Gasteiger partial charge in [0.2, 0.25) is 0 Å². The van der Waals surface area contributed by atoms with Crippen LogP contribution in [0.2, 0.25) is 0 Å². The maximum atomic E-state index is 13.2. The van der Waals surface area contributed by atoms with Gasteiger partial charge in [0, 0.05) is 22.9 Å². The van der Waals surface area contributed by atoms with E-state index in [9.17, 15) is 24.6 Å². The second-order valence-electron chi connectivity index (χ2n) is 8.70. The number of hydrogen-bond donors (Lipinski definition) is 2. The zero-order valence-electron chi connectivity index (χ0n) is 20.4. The smallest absolute Gasteiger partial charge is 0.316 e. The molecule has 4 rings (SSSR count). The number of Topliss-reactive ketones (excluding diaryl/α,β-unsaturated/α-hetero) is 1. The zero-order valence-corrected chi connectivity index (χ0v) is 23.7. The molecule has 0 spiro atoms. The molecule has 1 aliphatic carbocycles. The van der Waals surface area contributed by atoms with Crippen LogP contribution in [0.3, 0.4) is 0 Å². The van der Waals surface area contributed by atoms with Gasteiger partial charge < -0.3 is 14.9 Å². The molecular weight excluding hydrogens is 592 g/mol. The zero-order chi connectivity index (χ0) is 27.4. The molecule has 0 saturated carbocycles. The Morgan fingerprint density at radius 3 is 2.45 bits per heavy atom. The van der Waals surface area contributed by atoms with Gasteiger partial charge in [-0.25, -0.2) is 0 Å². The largest absolute Gasteiger partial charge is 0.507 e. The van der Waals surface area contributed by atoms with Crippen LogP contribution >= 0.6 is 39.0 Å². The molecule has 2 N–H and O–H groups in total. The third-order valence-corrected chi connectivity index (χ3v) is 8.13. The molecule has 0 saturated heterocycles. The molecule has 38 heavy (non-hydrogen) atoms. The van der Waals surface area contributed by atoms with Crippen LogP contribution in [0.1, 0.15) is 51.6 Å². The van der Waals surface area contributed by atoms with Crippen LogP contribution in [0.15, 0.2) is 68.5 Å². The lowest BCUT2D eigenvalue weighted by Crippen LogP contribution is -2.29. The van der Waals surface area contributed by atoms with E-state index < -0.39 is 35.1 Å². The van der Waals surface area contributed by atoms with E-state index in [1.165, 1.54) is 23.1 Å². The lowest BCUT2D eigenvalue weighted by Gasteiger charge is -2.23. The summed E-state index contributed by atoms with van der Waals surface area (Å²) in [5.41, 5.74) is 1.39. The van der Waals surface area contributed by atoms with E-state index in [4.69, 9.17) is 4.74 Å². The van der Waals surface area contributed by atoms with Gasteiger partial charge in [0.05, 0.1) is 16.9 Å². The normalized spacial score (nSPS) is 13.5. The Balaban J connectivity index is 1.45. The number of fused-ring (bicyclic) bond motifs is 1. The Morgan fingerprint density at radius 2 is 1.76 bits per heavy atom. The Morgan fingerprint density at radius 1 is 1.08 bits per heavy atom. The average Bonchev–Trinajstić information content (AvgIpc) is 3.32. The van der Waals surface area contributed by atoms with Gasteiger partial charge in [-0.15, -0.1) is 10.2 Å². The standard InChI is InChI=1S/C27H23BrN2O6S2/c1-14(2)3-10-21(17-12-20(33)24-18(31)8-9-19(32)25(24)26(17)35)36-23(34)13-37-27-30-29-22(38-27)11-15-4-6-16(28)7-5-15/h3-9,12,21,31-32H,10-11,13H2,1-2H3/t21-/m1/s1. The van der Waals surface area contributed by atoms with Gasteiger partial charge in [-0.2, -0.15) is 0 Å². The van der Waals surface area contributed by atoms with Crippen molar-refractivity contribution in [2.45, 2.75) is 37.1 Å². The van der Waals surface area contributed by atoms with Gasteiger partial charge in [-0.1, -0.05) is 62.8 Å². The summed E-state index contributed by atoms with van der Waals surface area (Å²) in [5, 5.41) is 29.4. The highest BCUT2D eigenvalue weighted by Gasteiger charge is 2.35. The number of ketones is 2. The minimum Gasteiger partial charge on any atom is -0.507 e. The predicted molar refractivity (Wildman–Crippen MR) is 148 cm³/mol. The fraction of sp³-hybridized carbons (Fsp3) is 0.222. The van der Waals surface area contributed by atoms with E-state index in [0.717, 1.165) is 38.8 Å². The van der Waals surface area contributed by atoms with Gasteiger partial charge in [0.25, 0.3) is 0 Å². The van der Waals surface area contributed by atoms with Crippen molar-refractivity contribution in [2.75, 3.05) is 5.75 Å². The van der Waals surface area contributed by atoms with E-state index in [1.54, 1.807) is 6.08 Å². The van der Waals surface area contributed by atoms with Crippen molar-refractivity contribution in [3.63, 3.8) is 0 Å². The first-order valence-corrected chi connectivity index (χ1v) is 14.1. The summed E-state index contributed by atoms with van der Waals surface area (Å²) in [7, 11) is 0. The summed E-state index contributed by atoms with van der Waals surface area (Å²) >= 11 is 5.97. The monoisotopic (exact) mass is 614 g/mol. The molecule has 2 aromatic carbocycles. The third-order valence-electron chi connectivity index (χ3n) is 5.57. The molecular formula is C27H23BrN2O6S2. The minimum atomic E-state index is -1.05. The molecule has 1 atom stereocenters. The molecule has 0 amide bonds. The number of carbonyl (C=O) groups excluding carboxylic acids is 3. The molecule has 0 bridgehead atoms. The van der Waals surface area contributed by atoms with E-state index in [2.05, 4.69) is 26.1 Å². The number of allylic oxidation sites excluding steroid dienone is 2. The number of halogens is 1. The number of phenols is 2. The molecule has 1 heterocycles. The van der Waals surface area contributed by atoms with Crippen LogP contribution in [-0.4, -0.2) is 49.8 Å². The molecule has 0 aliphatic heterocycles. The van der Waals surface area contributed by atoms with E-state index >= 15 is 0 Å². The first kappa shape index (κ1) is 27.7. The summed E-state index contributed by atoms with van der Waals surface area (Å²) in [6.45, 7) is 3.72. The number of rotatable bonds is 9. The van der Waals surface area contributed by atoms with Crippen molar-refractivity contribution < 1.29 is 29.3 Å². The number of esters is 1. The Kier molecular flexibility index (Phi) is 8.80. The van der Waals surface area contributed by atoms with Crippen molar-refractivity contribution in [1.29, 1.82) is 0 Å². The minimum absolute atomic E-state index is 0.0630. The number of ether oxygens (including phenoxy) is 1. The Labute approximate surface area is 235 Å². The van der Waals surface area contributed by atoms with Crippen LogP contribution in [0.5, 0.6) is 11.5 Å². The first-order chi connectivity index (χ1) is 18.1. The molecule has 1 aromatic heterocycles. The second kappa shape index (κ2) is 12.1. The molecule has 0 fully saturated rings. The molecule has 0 radical (unpaired) electrons. The maximum absolute atomic E-state index is 13.2. The van der Waals surface area contributed by atoms with Gasteiger partial charge >= 0.3 is 5.97 Å². The highest BCUT2D eigenvalue weighted by molar-refractivity contribution is 9.10. The number of thioether (sulfide) groups is 1. The predicted octanol–water partition coefficient (Wildman–Crippen LogP) is 5.67. The molecule has 3 aromatic rings. The van der Waals surface area contributed by atoms with E-state index in [0.29, 0.717) is 10.8 Å². The van der Waals surface area contributed by atoms with Crippen LogP contribution < -0.4 is 0 Å². The molecule has 1 aliphatic rings. The van der Waals surface area contributed by atoms with Crippen LogP contribution in [-0.2, 0) is 16.0 Å². The summed E-state index contributed by atoms with van der Waals surface area (Å²) in [5.74, 6) is -2.84. The van der Waals surface area contributed by atoms with Crippen molar-refractivity contribution >= 4 is 56.6 Å². The summed E-state index contributed by atoms with van der Waals surface area (Å²) in [6.07, 6.45) is 2.59. The number of carbonyl (C=O) groups is 3. The average molecular weight is 616 g/mol. The molecule has 196 valence electrons. The quantitative estimate of drug-likeness (QED) is 0.136. The number of aromatic nitrogens is 2. The van der Waals surface area contributed by atoms with Gasteiger partial charge in [-0.3, -0.25) is 14.4 Å². The fourth-order valence-corrected chi connectivity index (χ4v) is 5.74. The fourth-order valence-electron chi connectivity index (χ4n) is 3.76. The third kappa shape index (κ3) is 6.58. The highest BCUT2D eigenvalue weighted by atomic mass is 79.9. The Hall–Kier alpha value is -3.28. The highest BCUT2D eigenvalue weighted by Crippen LogP contribution is 2.36. The second-order valence-corrected chi connectivity index (χ2v) is 11.9. The summed E-state index contributed by atoms with van der Waals surface area (Å²) in [6, 6.07) is 10.2. The molecule has 11 heteroatoms. The number of nitrogens with zero attached hydrogens (tertiary/aromatic N) is 2. The van der Waals surface area contributed by atoms with Crippen molar-refractivity contribution in [2.24, 2.45) is 0 Å². The Bertz CT molecular complexity index is 1460. The van der Waals surface area contributed by atoms with Crippen LogP contribution in [0.4, 0.5) is 0 Å². The van der Waals surface area contributed by atoms with Crippen molar-refractivity contribution in [1.82, 2.24) is 10.2 Å². The number of phenolic OH excluding ortho intramolecular Hbond substituents is 2. The van der Waals surface area contributed by atoms with Crippen LogP contribution in [0, 0.1) is 0 Å². The number of benzene rings is 2.